The highest BCUT2D eigenvalue weighted by molar-refractivity contribution is 6.17. The van der Waals surface area contributed by atoms with Gasteiger partial charge in [-0.3, -0.25) is 28.8 Å². The van der Waals surface area contributed by atoms with E-state index >= 15 is 0 Å². The van der Waals surface area contributed by atoms with E-state index < -0.39 is 41.1 Å². The molecule has 0 fully saturated rings. The van der Waals surface area contributed by atoms with Crippen molar-refractivity contribution in [2.24, 2.45) is 17.2 Å². The van der Waals surface area contributed by atoms with Crippen LogP contribution in [0.15, 0.2) is 179 Å². The minimum atomic E-state index is -1.26. The van der Waals surface area contributed by atoms with Gasteiger partial charge in [-0.25, -0.2) is 14.4 Å². The Kier molecular flexibility index (Phi) is 19.3. The number of ether oxygens (including phenoxy) is 2. The average molecular weight is 1060 g/mol. The smallest absolute Gasteiger partial charge is 0.343 e. The third-order valence-electron chi connectivity index (χ3n) is 11.6. The van der Waals surface area contributed by atoms with E-state index in [4.69, 9.17) is 38.3 Å². The number of nitrogens with one attached hydrogen (secondary N) is 1. The number of para-hydroxylation sites is 3. The summed E-state index contributed by atoms with van der Waals surface area (Å²) in [6, 6.07) is 41.5. The second kappa shape index (κ2) is 26.3. The van der Waals surface area contributed by atoms with Gasteiger partial charge in [-0.2, -0.15) is 0 Å². The standard InChI is InChI=1S/C20H18N2O4.C18H14N2O4.C12H11NO3.C8H8ClNO/c1-2-26-20(25)16-12-22(17-6-4-3-5-15(17)18(16)23)11-13-7-9-14(10-8-13)19(21)24;19-17(22)12-7-5-11(6-8-12)9-20-10-14(18(23)24)16(21)13-3-1-2-4-15(13)20;1-2-16-12(15)9-7-13-10-6-4-3-5-8(10)11(9)14;9-5-6-1-3-7(4-2-6)8(10)11/h3-10,12H,2,11H2,1H3,(H2,21,24);1-8,10H,9H2,(H2,19,22)(H,23,24);3-7H,2H2,1H3,(H,13,14);1-4H,5H2,(H2,10,11). The van der Waals surface area contributed by atoms with E-state index in [0.717, 1.165) is 16.7 Å². The van der Waals surface area contributed by atoms with E-state index in [2.05, 4.69) is 4.98 Å². The topological polar surface area (TPSA) is 296 Å². The minimum Gasteiger partial charge on any atom is -0.477 e. The number of pyridine rings is 3. The van der Waals surface area contributed by atoms with Gasteiger partial charge in [0.05, 0.1) is 24.2 Å². The highest BCUT2D eigenvalue weighted by Gasteiger charge is 2.18. The van der Waals surface area contributed by atoms with Gasteiger partial charge < -0.3 is 45.9 Å². The van der Waals surface area contributed by atoms with Crippen molar-refractivity contribution < 1.29 is 43.3 Å². The predicted octanol–water partition coefficient (Wildman–Crippen LogP) is 7.40. The second-order valence-corrected chi connectivity index (χ2v) is 16.9. The Hall–Kier alpha value is -9.94. The SMILES string of the molecule is CCOC(=O)c1c[nH]c2ccccc2c1=O.CCOC(=O)c1cn(Cc2ccc(C(N)=O)cc2)c2ccccc2c1=O.NC(=O)c1ccc(CCl)cc1.NC(=O)c1ccc(Cn2cc(C(=O)O)c(=O)c3ccccc32)cc1. The Morgan fingerprint density at radius 3 is 1.27 bits per heavy atom. The zero-order chi connectivity index (χ0) is 55.8. The van der Waals surface area contributed by atoms with Crippen LogP contribution in [0.5, 0.6) is 0 Å². The number of aromatic carboxylic acids is 1. The molecule has 19 heteroatoms. The summed E-state index contributed by atoms with van der Waals surface area (Å²) in [6.07, 6.45) is 4.25. The van der Waals surface area contributed by atoms with Crippen molar-refractivity contribution >= 4 is 79.9 Å². The van der Waals surface area contributed by atoms with Crippen molar-refractivity contribution in [2.75, 3.05) is 13.2 Å². The fourth-order valence-electron chi connectivity index (χ4n) is 7.69. The number of H-pyrrole nitrogens is 1. The number of carboxylic acids is 1. The number of carboxylic acid groups (broad SMARTS) is 1. The Bertz CT molecular complexity index is 3830. The molecule has 392 valence electrons. The van der Waals surface area contributed by atoms with Crippen molar-refractivity contribution in [3.05, 3.63) is 245 Å². The van der Waals surface area contributed by atoms with Gasteiger partial charge >= 0.3 is 17.9 Å². The van der Waals surface area contributed by atoms with E-state index in [-0.39, 0.29) is 40.8 Å². The number of alkyl halides is 1. The molecule has 3 amide bonds. The van der Waals surface area contributed by atoms with Crippen LogP contribution in [-0.4, -0.2) is 68.1 Å². The number of rotatable bonds is 13. The molecule has 0 saturated heterocycles. The van der Waals surface area contributed by atoms with Crippen LogP contribution in [-0.2, 0) is 28.4 Å². The fraction of sp³-hybridized carbons (Fsp3) is 0.121. The summed E-state index contributed by atoms with van der Waals surface area (Å²) in [7, 11) is 0. The molecule has 0 aliphatic carbocycles. The zero-order valence-electron chi connectivity index (χ0n) is 41.6. The molecule has 0 aliphatic heterocycles. The van der Waals surface area contributed by atoms with E-state index in [1.807, 2.05) is 22.8 Å². The number of halogens is 1. The average Bonchev–Trinajstić information content (AvgIpc) is 3.44. The molecule has 9 rings (SSSR count). The van der Waals surface area contributed by atoms with Gasteiger partial charge in [0.15, 0.2) is 0 Å². The number of aromatic amines is 1. The van der Waals surface area contributed by atoms with Crippen LogP contribution in [0.3, 0.4) is 0 Å². The third-order valence-corrected chi connectivity index (χ3v) is 11.9. The van der Waals surface area contributed by atoms with E-state index in [0.29, 0.717) is 68.4 Å². The summed E-state index contributed by atoms with van der Waals surface area (Å²) in [5.41, 5.74) is 20.3. The number of benzene rings is 6. The molecule has 0 unspecified atom stereocenters. The van der Waals surface area contributed by atoms with Crippen LogP contribution in [0.4, 0.5) is 0 Å². The van der Waals surface area contributed by atoms with Crippen LogP contribution < -0.4 is 33.5 Å². The highest BCUT2D eigenvalue weighted by Crippen LogP contribution is 2.18. The van der Waals surface area contributed by atoms with Crippen molar-refractivity contribution in [1.82, 2.24) is 14.1 Å². The predicted molar refractivity (Wildman–Crippen MR) is 292 cm³/mol. The molecular weight excluding hydrogens is 1010 g/mol. The van der Waals surface area contributed by atoms with Gasteiger partial charge in [0.2, 0.25) is 34.0 Å². The van der Waals surface area contributed by atoms with Crippen molar-refractivity contribution in [3.8, 4) is 0 Å². The minimum absolute atomic E-state index is 0.000642. The first kappa shape index (κ1) is 56.4. The van der Waals surface area contributed by atoms with Gasteiger partial charge in [-0.15, -0.1) is 11.6 Å². The molecule has 6 aromatic carbocycles. The van der Waals surface area contributed by atoms with Crippen LogP contribution in [0.25, 0.3) is 32.7 Å². The summed E-state index contributed by atoms with van der Waals surface area (Å²) in [6.45, 7) is 4.63. The lowest BCUT2D eigenvalue weighted by molar-refractivity contribution is 0.0515. The van der Waals surface area contributed by atoms with E-state index in [1.54, 1.807) is 146 Å². The molecule has 0 aliphatic rings. The number of hydrogen-bond donors (Lipinski definition) is 5. The Morgan fingerprint density at radius 2 is 0.857 bits per heavy atom. The first-order valence-corrected chi connectivity index (χ1v) is 24.1. The Balaban J connectivity index is 0.000000174. The maximum absolute atomic E-state index is 12.6. The number of carbonyl (C=O) groups excluding carboxylic acids is 5. The van der Waals surface area contributed by atoms with Gasteiger partial charge in [0.25, 0.3) is 0 Å². The lowest BCUT2D eigenvalue weighted by Crippen LogP contribution is -2.21. The normalized spacial score (nSPS) is 10.4. The number of nitrogens with zero attached hydrogens (tertiary/aromatic N) is 2. The van der Waals surface area contributed by atoms with Gasteiger partial charge in [0, 0.05) is 75.9 Å². The lowest BCUT2D eigenvalue weighted by Gasteiger charge is -2.13. The quantitative estimate of drug-likeness (QED) is 0.0557. The summed E-state index contributed by atoms with van der Waals surface area (Å²) in [5, 5.41) is 10.5. The number of amides is 3. The van der Waals surface area contributed by atoms with Crippen molar-refractivity contribution in [3.63, 3.8) is 0 Å². The van der Waals surface area contributed by atoms with Crippen LogP contribution in [0.1, 0.15) is 92.7 Å². The Labute approximate surface area is 443 Å². The zero-order valence-corrected chi connectivity index (χ0v) is 42.3. The van der Waals surface area contributed by atoms with Crippen molar-refractivity contribution in [2.45, 2.75) is 32.8 Å². The second-order valence-electron chi connectivity index (χ2n) is 16.7. The lowest BCUT2D eigenvalue weighted by atomic mass is 10.1. The number of fused-ring (bicyclic) bond motifs is 3. The molecule has 0 atom stereocenters. The maximum Gasteiger partial charge on any atom is 0.343 e. The number of carbonyl (C=O) groups is 6. The number of primary amides is 3. The van der Waals surface area contributed by atoms with E-state index in [1.165, 1.54) is 18.6 Å². The van der Waals surface area contributed by atoms with E-state index in [9.17, 15) is 48.3 Å². The molecule has 0 radical (unpaired) electrons. The molecule has 0 bridgehead atoms. The summed E-state index contributed by atoms with van der Waals surface area (Å²) >= 11 is 5.54. The molecule has 8 N–H and O–H groups in total. The molecule has 0 spiro atoms. The number of esters is 2. The molecule has 18 nitrogen and oxygen atoms in total. The molecule has 77 heavy (non-hydrogen) atoms. The van der Waals surface area contributed by atoms with Gasteiger partial charge in [-0.05, 0) is 103 Å². The molecular formula is C58H51ClN6O12. The monoisotopic (exact) mass is 1060 g/mol. The highest BCUT2D eigenvalue weighted by atomic mass is 35.5. The van der Waals surface area contributed by atoms with Gasteiger partial charge in [0.1, 0.15) is 16.7 Å². The first-order valence-electron chi connectivity index (χ1n) is 23.6. The first-order chi connectivity index (χ1) is 36.9. The largest absolute Gasteiger partial charge is 0.477 e. The van der Waals surface area contributed by atoms with Crippen molar-refractivity contribution in [1.29, 1.82) is 0 Å². The number of aromatic nitrogens is 3. The Morgan fingerprint density at radius 1 is 0.494 bits per heavy atom. The van der Waals surface area contributed by atoms with Crippen LogP contribution >= 0.6 is 11.6 Å². The molecule has 3 aromatic heterocycles. The number of nitrogens with two attached hydrogens (primary N) is 3. The molecule has 0 saturated carbocycles. The maximum atomic E-state index is 12.6. The summed E-state index contributed by atoms with van der Waals surface area (Å²) in [5.74, 6) is -3.44. The van der Waals surface area contributed by atoms with Gasteiger partial charge in [-0.1, -0.05) is 72.8 Å². The van der Waals surface area contributed by atoms with Crippen LogP contribution in [0, 0.1) is 0 Å². The van der Waals surface area contributed by atoms with Crippen LogP contribution in [0.2, 0.25) is 0 Å². The fourth-order valence-corrected chi connectivity index (χ4v) is 7.87. The summed E-state index contributed by atoms with van der Waals surface area (Å²) < 4.78 is 13.3. The number of hydrogen-bond acceptors (Lipinski definition) is 11. The molecule has 9 aromatic rings. The summed E-state index contributed by atoms with van der Waals surface area (Å²) in [4.78, 5) is 108. The third kappa shape index (κ3) is 14.2. The molecule has 3 heterocycles.